The molecule has 2 rings (SSSR count). The maximum Gasteiger partial charge on any atom is 0.309 e. The van der Waals surface area contributed by atoms with Gasteiger partial charge in [-0.05, 0) is 31.7 Å². The number of carbonyl (C=O) groups excluding carboxylic acids is 3. The number of aliphatic hydroxyl groups is 1. The first-order valence-electron chi connectivity index (χ1n) is 11.1. The number of ether oxygens (including phenoxy) is 2. The Balaban J connectivity index is 1.97. The molecule has 0 aliphatic carbocycles. The number of benzene rings is 1. The zero-order valence-corrected chi connectivity index (χ0v) is 18.6. The van der Waals surface area contributed by atoms with E-state index in [-0.39, 0.29) is 49.9 Å². The van der Waals surface area contributed by atoms with Crippen molar-refractivity contribution in [3.05, 3.63) is 48.0 Å². The number of nitrogens with one attached hydrogen (secondary N) is 2. The normalized spacial score (nSPS) is 22.2. The van der Waals surface area contributed by atoms with Gasteiger partial charge in [0.25, 0.3) is 0 Å². The first-order valence-corrected chi connectivity index (χ1v) is 11.1. The van der Waals surface area contributed by atoms with Gasteiger partial charge in [0.05, 0.1) is 38.2 Å². The average Bonchev–Trinajstić information content (AvgIpc) is 2.78. The van der Waals surface area contributed by atoms with E-state index in [1.54, 1.807) is 6.92 Å². The van der Waals surface area contributed by atoms with Gasteiger partial charge in [0.1, 0.15) is 6.10 Å². The van der Waals surface area contributed by atoms with Gasteiger partial charge in [0, 0.05) is 13.0 Å². The van der Waals surface area contributed by atoms with Gasteiger partial charge in [-0.1, -0.05) is 42.5 Å². The number of aliphatic hydroxyl groups excluding tert-OH is 1. The molecule has 0 radical (unpaired) electrons. The van der Waals surface area contributed by atoms with Gasteiger partial charge in [-0.2, -0.15) is 0 Å². The van der Waals surface area contributed by atoms with Gasteiger partial charge in [-0.15, -0.1) is 0 Å². The second kappa shape index (κ2) is 14.4. The van der Waals surface area contributed by atoms with E-state index in [0.717, 1.165) is 5.56 Å². The van der Waals surface area contributed by atoms with Gasteiger partial charge in [0.2, 0.25) is 11.8 Å². The summed E-state index contributed by atoms with van der Waals surface area (Å²) in [5.74, 6) is -1.59. The summed E-state index contributed by atoms with van der Waals surface area (Å²) < 4.78 is 10.7. The minimum absolute atomic E-state index is 0.0534. The summed E-state index contributed by atoms with van der Waals surface area (Å²) in [5, 5.41) is 14.2. The summed E-state index contributed by atoms with van der Waals surface area (Å²) in [6.45, 7) is 2.71. The van der Waals surface area contributed by atoms with Crippen LogP contribution in [0.1, 0.15) is 31.7 Å². The van der Waals surface area contributed by atoms with E-state index in [9.17, 15) is 14.4 Å². The Morgan fingerprint density at radius 1 is 1.16 bits per heavy atom. The maximum absolute atomic E-state index is 12.7. The Labute approximate surface area is 189 Å². The molecular weight excluding hydrogens is 412 g/mol. The second-order valence-electron chi connectivity index (χ2n) is 7.91. The summed E-state index contributed by atoms with van der Waals surface area (Å²) in [5.41, 5.74) is 1.06. The molecule has 3 atom stereocenters. The lowest BCUT2D eigenvalue weighted by Gasteiger charge is -2.22. The van der Waals surface area contributed by atoms with Gasteiger partial charge in [0.15, 0.2) is 0 Å². The monoisotopic (exact) mass is 446 g/mol. The van der Waals surface area contributed by atoms with Crippen molar-refractivity contribution < 1.29 is 29.0 Å². The highest BCUT2D eigenvalue weighted by Gasteiger charge is 2.25. The van der Waals surface area contributed by atoms with E-state index in [0.29, 0.717) is 32.4 Å². The topological polar surface area (TPSA) is 114 Å². The first kappa shape index (κ1) is 25.5. The van der Waals surface area contributed by atoms with Crippen LogP contribution < -0.4 is 10.6 Å². The number of carbonyl (C=O) groups is 3. The van der Waals surface area contributed by atoms with Gasteiger partial charge in [-0.3, -0.25) is 14.4 Å². The Hall–Kier alpha value is -2.71. The van der Waals surface area contributed by atoms with Gasteiger partial charge >= 0.3 is 5.97 Å². The lowest BCUT2D eigenvalue weighted by Crippen LogP contribution is -2.40. The van der Waals surface area contributed by atoms with E-state index in [4.69, 9.17) is 14.6 Å². The average molecular weight is 447 g/mol. The number of esters is 1. The minimum atomic E-state index is -0.514. The fourth-order valence-electron chi connectivity index (χ4n) is 3.42. The van der Waals surface area contributed by atoms with Crippen LogP contribution in [-0.4, -0.2) is 61.9 Å². The predicted octanol–water partition coefficient (Wildman–Crippen LogP) is 1.37. The van der Waals surface area contributed by atoms with Crippen LogP contribution in [0.2, 0.25) is 0 Å². The molecule has 0 unspecified atom stereocenters. The quantitative estimate of drug-likeness (QED) is 0.300. The van der Waals surface area contributed by atoms with E-state index in [2.05, 4.69) is 10.6 Å². The molecule has 1 aliphatic heterocycles. The van der Waals surface area contributed by atoms with Crippen LogP contribution in [0.5, 0.6) is 0 Å². The Kier molecular flexibility index (Phi) is 11.5. The van der Waals surface area contributed by atoms with Crippen LogP contribution in [0, 0.1) is 11.8 Å². The third kappa shape index (κ3) is 9.62. The van der Waals surface area contributed by atoms with Crippen molar-refractivity contribution in [2.75, 3.05) is 32.9 Å². The van der Waals surface area contributed by atoms with Gasteiger partial charge in [-0.25, -0.2) is 0 Å². The van der Waals surface area contributed by atoms with Crippen LogP contribution in [0.3, 0.4) is 0 Å². The highest BCUT2D eigenvalue weighted by Crippen LogP contribution is 2.18. The smallest absolute Gasteiger partial charge is 0.309 e. The predicted molar refractivity (Wildman–Crippen MR) is 120 cm³/mol. The standard InChI is InChI=1S/C24H34N2O6/c1-18-17-26-23(29)20(16-22(28)25-11-13-31-14-12-27)9-5-6-10-21(24(30)32-18)15-19-7-3-2-4-8-19/h2-8,18,20-21,27H,9-17H2,1H3,(H,25,28)(H,26,29)/t18-,20+,21+/m0/s1. The van der Waals surface area contributed by atoms with Crippen molar-refractivity contribution >= 4 is 17.8 Å². The van der Waals surface area contributed by atoms with Crippen molar-refractivity contribution in [1.29, 1.82) is 0 Å². The maximum atomic E-state index is 12.7. The molecule has 32 heavy (non-hydrogen) atoms. The fourth-order valence-corrected chi connectivity index (χ4v) is 3.42. The van der Waals surface area contributed by atoms with Crippen molar-refractivity contribution in [3.8, 4) is 0 Å². The van der Waals surface area contributed by atoms with Crippen LogP contribution in [0.15, 0.2) is 42.5 Å². The number of cyclic esters (lactones) is 1. The molecule has 2 amide bonds. The zero-order valence-electron chi connectivity index (χ0n) is 18.6. The van der Waals surface area contributed by atoms with Crippen LogP contribution in [0.25, 0.3) is 0 Å². The largest absolute Gasteiger partial charge is 0.461 e. The van der Waals surface area contributed by atoms with Crippen molar-refractivity contribution in [2.24, 2.45) is 11.8 Å². The fraction of sp³-hybridized carbons (Fsp3) is 0.542. The molecule has 1 aliphatic rings. The van der Waals surface area contributed by atoms with E-state index < -0.39 is 12.0 Å². The molecule has 0 aromatic heterocycles. The molecule has 1 aromatic carbocycles. The molecule has 0 fully saturated rings. The molecule has 3 N–H and O–H groups in total. The molecule has 8 heteroatoms. The van der Waals surface area contributed by atoms with Crippen LogP contribution in [-0.2, 0) is 30.3 Å². The summed E-state index contributed by atoms with van der Waals surface area (Å²) in [7, 11) is 0. The van der Waals surface area contributed by atoms with Gasteiger partial charge < -0.3 is 25.2 Å². The summed E-state index contributed by atoms with van der Waals surface area (Å²) in [6, 6.07) is 9.80. The van der Waals surface area contributed by atoms with Crippen LogP contribution in [0.4, 0.5) is 0 Å². The number of amides is 2. The molecule has 0 bridgehead atoms. The Bertz CT molecular complexity index is 752. The first-order chi connectivity index (χ1) is 15.5. The number of hydrogen-bond acceptors (Lipinski definition) is 6. The SMILES string of the molecule is C[C@H]1CNC(=O)[C@@H](CC(=O)NCCOCCO)CC=CC[C@H](Cc2ccccc2)C(=O)O1. The molecule has 8 nitrogen and oxygen atoms in total. The van der Waals surface area contributed by atoms with E-state index in [1.165, 1.54) is 0 Å². The molecule has 176 valence electrons. The molecule has 1 heterocycles. The molecule has 0 saturated heterocycles. The molecule has 0 saturated carbocycles. The highest BCUT2D eigenvalue weighted by atomic mass is 16.5. The highest BCUT2D eigenvalue weighted by molar-refractivity contribution is 5.86. The third-order valence-corrected chi connectivity index (χ3v) is 5.15. The number of allylic oxidation sites excluding steroid dienone is 2. The second-order valence-corrected chi connectivity index (χ2v) is 7.91. The Morgan fingerprint density at radius 3 is 2.59 bits per heavy atom. The number of rotatable bonds is 9. The van der Waals surface area contributed by atoms with E-state index in [1.807, 2.05) is 42.5 Å². The zero-order chi connectivity index (χ0) is 23.2. The lowest BCUT2D eigenvalue weighted by atomic mass is 9.94. The third-order valence-electron chi connectivity index (χ3n) is 5.15. The Morgan fingerprint density at radius 2 is 1.88 bits per heavy atom. The summed E-state index contributed by atoms with van der Waals surface area (Å²) in [6.07, 6.45) is 4.82. The number of hydrogen-bond donors (Lipinski definition) is 3. The van der Waals surface area contributed by atoms with Crippen molar-refractivity contribution in [2.45, 2.75) is 38.7 Å². The van der Waals surface area contributed by atoms with Crippen molar-refractivity contribution in [1.82, 2.24) is 10.6 Å². The summed E-state index contributed by atoms with van der Waals surface area (Å²) in [4.78, 5) is 37.5. The van der Waals surface area contributed by atoms with Crippen molar-refractivity contribution in [3.63, 3.8) is 0 Å². The minimum Gasteiger partial charge on any atom is -0.461 e. The molecule has 0 spiro atoms. The lowest BCUT2D eigenvalue weighted by molar-refractivity contribution is -0.153. The molecule has 1 aromatic rings. The van der Waals surface area contributed by atoms with Crippen LogP contribution >= 0.6 is 0 Å². The molecular formula is C24H34N2O6. The van der Waals surface area contributed by atoms with E-state index >= 15 is 0 Å². The summed E-state index contributed by atoms with van der Waals surface area (Å²) >= 11 is 0.